The Hall–Kier alpha value is -1.93. The molecular weight excluding hydrogens is 178 g/mol. The zero-order chi connectivity index (χ0) is 9.97. The van der Waals surface area contributed by atoms with E-state index in [1.54, 1.807) is 0 Å². The zero-order valence-electron chi connectivity index (χ0n) is 7.74. The summed E-state index contributed by atoms with van der Waals surface area (Å²) in [6.45, 7) is 2.31. The Labute approximate surface area is 80.7 Å². The van der Waals surface area contributed by atoms with Crippen LogP contribution in [0, 0.1) is 6.92 Å². The van der Waals surface area contributed by atoms with Gasteiger partial charge in [-0.3, -0.25) is 5.10 Å². The number of aryl methyl sites for hydroxylation is 1. The Morgan fingerprint density at radius 3 is 3.21 bits per heavy atom. The Morgan fingerprint density at radius 1 is 1.57 bits per heavy atom. The van der Waals surface area contributed by atoms with Gasteiger partial charge in [0.1, 0.15) is 0 Å². The lowest BCUT2D eigenvalue weighted by Crippen LogP contribution is -1.83. The van der Waals surface area contributed by atoms with Gasteiger partial charge in [0.15, 0.2) is 0 Å². The Balaban J connectivity index is 2.62. The van der Waals surface area contributed by atoms with Crippen molar-refractivity contribution in [2.45, 2.75) is 13.5 Å². The minimum Gasteiger partial charge on any atom is -0.282 e. The SMILES string of the molecule is Cc1[nH]nc2cccc(CN=C=O)c12. The van der Waals surface area contributed by atoms with E-state index < -0.39 is 0 Å². The van der Waals surface area contributed by atoms with Crippen LogP contribution in [0.25, 0.3) is 10.9 Å². The molecule has 14 heavy (non-hydrogen) atoms. The van der Waals surface area contributed by atoms with Crippen molar-refractivity contribution in [1.29, 1.82) is 0 Å². The molecule has 0 fully saturated rings. The summed E-state index contributed by atoms with van der Waals surface area (Å²) in [4.78, 5) is 13.6. The highest BCUT2D eigenvalue weighted by Crippen LogP contribution is 2.20. The van der Waals surface area contributed by atoms with Gasteiger partial charge < -0.3 is 0 Å². The minimum absolute atomic E-state index is 0.362. The molecule has 0 aliphatic heterocycles. The Kier molecular flexibility index (Phi) is 2.13. The van der Waals surface area contributed by atoms with Crippen molar-refractivity contribution in [3.63, 3.8) is 0 Å². The van der Waals surface area contributed by atoms with Crippen molar-refractivity contribution in [2.75, 3.05) is 0 Å². The average molecular weight is 187 g/mol. The highest BCUT2D eigenvalue weighted by molar-refractivity contribution is 5.84. The second kappa shape index (κ2) is 3.44. The lowest BCUT2D eigenvalue weighted by molar-refractivity contribution is 0.563. The molecule has 70 valence electrons. The molecule has 1 heterocycles. The third-order valence-corrected chi connectivity index (χ3v) is 2.16. The number of benzene rings is 1. The van der Waals surface area contributed by atoms with E-state index >= 15 is 0 Å². The average Bonchev–Trinajstić information content (AvgIpc) is 2.58. The summed E-state index contributed by atoms with van der Waals surface area (Å²) in [7, 11) is 0. The number of carbonyl (C=O) groups excluding carboxylic acids is 1. The number of H-pyrrole nitrogens is 1. The van der Waals surface area contributed by atoms with Crippen LogP contribution in [-0.2, 0) is 11.3 Å². The second-order valence-electron chi connectivity index (χ2n) is 3.07. The number of hydrogen-bond acceptors (Lipinski definition) is 3. The summed E-state index contributed by atoms with van der Waals surface area (Å²) in [5.74, 6) is 0. The number of aliphatic imine (C=N–C) groups is 1. The van der Waals surface area contributed by atoms with Gasteiger partial charge in [-0.15, -0.1) is 0 Å². The summed E-state index contributed by atoms with van der Waals surface area (Å²) < 4.78 is 0. The summed E-state index contributed by atoms with van der Waals surface area (Å²) >= 11 is 0. The fourth-order valence-corrected chi connectivity index (χ4v) is 1.56. The summed E-state index contributed by atoms with van der Waals surface area (Å²) in [6, 6.07) is 5.76. The summed E-state index contributed by atoms with van der Waals surface area (Å²) in [5.41, 5.74) is 2.90. The van der Waals surface area contributed by atoms with Gasteiger partial charge in [-0.25, -0.2) is 9.79 Å². The fraction of sp³-hybridized carbons (Fsp3) is 0.200. The molecule has 1 aromatic heterocycles. The summed E-state index contributed by atoms with van der Waals surface area (Å²) in [5, 5.41) is 8.07. The first-order chi connectivity index (χ1) is 6.83. The van der Waals surface area contributed by atoms with Gasteiger partial charge in [-0.1, -0.05) is 12.1 Å². The molecule has 1 aromatic carbocycles. The quantitative estimate of drug-likeness (QED) is 0.574. The highest BCUT2D eigenvalue weighted by Gasteiger charge is 2.05. The third kappa shape index (κ3) is 1.32. The van der Waals surface area contributed by atoms with Gasteiger partial charge in [0.2, 0.25) is 6.08 Å². The van der Waals surface area contributed by atoms with Crippen molar-refractivity contribution in [3.05, 3.63) is 29.5 Å². The standard InChI is InChI=1S/C10H9N3O/c1-7-10-8(5-11-6-14)3-2-4-9(10)13-12-7/h2-4H,5H2,1H3,(H,12,13). The first-order valence-corrected chi connectivity index (χ1v) is 4.29. The van der Waals surface area contributed by atoms with E-state index in [2.05, 4.69) is 15.2 Å². The first-order valence-electron chi connectivity index (χ1n) is 4.29. The molecule has 0 unspecified atom stereocenters. The van der Waals surface area contributed by atoms with Gasteiger partial charge in [0.05, 0.1) is 12.1 Å². The molecule has 0 aliphatic carbocycles. The largest absolute Gasteiger partial charge is 0.282 e. The van der Waals surface area contributed by atoms with E-state index in [0.29, 0.717) is 6.54 Å². The van der Waals surface area contributed by atoms with Crippen LogP contribution in [0.3, 0.4) is 0 Å². The number of rotatable bonds is 2. The van der Waals surface area contributed by atoms with E-state index in [-0.39, 0.29) is 0 Å². The van der Waals surface area contributed by atoms with E-state index in [1.165, 1.54) is 6.08 Å². The summed E-state index contributed by atoms with van der Waals surface area (Å²) in [6.07, 6.45) is 1.54. The molecule has 0 aliphatic rings. The van der Waals surface area contributed by atoms with Crippen LogP contribution in [0.5, 0.6) is 0 Å². The van der Waals surface area contributed by atoms with Crippen molar-refractivity contribution in [1.82, 2.24) is 10.2 Å². The highest BCUT2D eigenvalue weighted by atomic mass is 16.1. The maximum Gasteiger partial charge on any atom is 0.235 e. The molecule has 0 atom stereocenters. The van der Waals surface area contributed by atoms with Gasteiger partial charge in [-0.2, -0.15) is 5.10 Å². The van der Waals surface area contributed by atoms with Crippen molar-refractivity contribution < 1.29 is 4.79 Å². The Morgan fingerprint density at radius 2 is 2.43 bits per heavy atom. The van der Waals surface area contributed by atoms with Gasteiger partial charge in [0.25, 0.3) is 0 Å². The smallest absolute Gasteiger partial charge is 0.235 e. The lowest BCUT2D eigenvalue weighted by Gasteiger charge is -1.97. The van der Waals surface area contributed by atoms with E-state index in [9.17, 15) is 4.79 Å². The van der Waals surface area contributed by atoms with Crippen LogP contribution in [0.1, 0.15) is 11.3 Å². The van der Waals surface area contributed by atoms with E-state index in [1.807, 2.05) is 25.1 Å². The molecular formula is C10H9N3O. The monoisotopic (exact) mass is 187 g/mol. The number of hydrogen-bond donors (Lipinski definition) is 1. The van der Waals surface area contributed by atoms with Crippen LogP contribution in [0.4, 0.5) is 0 Å². The van der Waals surface area contributed by atoms with Crippen molar-refractivity contribution in [2.24, 2.45) is 4.99 Å². The van der Waals surface area contributed by atoms with Crippen LogP contribution < -0.4 is 0 Å². The second-order valence-corrected chi connectivity index (χ2v) is 3.07. The first kappa shape index (κ1) is 8.66. The van der Waals surface area contributed by atoms with E-state index in [0.717, 1.165) is 22.2 Å². The number of nitrogens with one attached hydrogen (secondary N) is 1. The number of isocyanates is 1. The number of nitrogens with zero attached hydrogens (tertiary/aromatic N) is 2. The van der Waals surface area contributed by atoms with Crippen LogP contribution >= 0.6 is 0 Å². The van der Waals surface area contributed by atoms with Gasteiger partial charge >= 0.3 is 0 Å². The molecule has 0 saturated carbocycles. The van der Waals surface area contributed by atoms with Crippen molar-refractivity contribution in [3.8, 4) is 0 Å². The maximum absolute atomic E-state index is 10.0. The molecule has 4 nitrogen and oxygen atoms in total. The van der Waals surface area contributed by atoms with Crippen LogP contribution in [0.2, 0.25) is 0 Å². The molecule has 0 amide bonds. The molecule has 1 N–H and O–H groups in total. The lowest BCUT2D eigenvalue weighted by atomic mass is 10.1. The Bertz CT molecular complexity index is 509. The predicted octanol–water partition coefficient (Wildman–Crippen LogP) is 1.71. The maximum atomic E-state index is 10.0. The third-order valence-electron chi connectivity index (χ3n) is 2.16. The molecule has 4 heteroatoms. The van der Waals surface area contributed by atoms with Gasteiger partial charge in [-0.05, 0) is 18.6 Å². The fourth-order valence-electron chi connectivity index (χ4n) is 1.56. The molecule has 0 radical (unpaired) electrons. The van der Waals surface area contributed by atoms with Crippen LogP contribution in [0.15, 0.2) is 23.2 Å². The molecule has 0 spiro atoms. The van der Waals surface area contributed by atoms with Crippen molar-refractivity contribution >= 4 is 17.0 Å². The predicted molar refractivity (Wildman–Crippen MR) is 52.7 cm³/mol. The normalized spacial score (nSPS) is 10.1. The molecule has 0 bridgehead atoms. The number of aromatic nitrogens is 2. The molecule has 2 aromatic rings. The van der Waals surface area contributed by atoms with E-state index in [4.69, 9.17) is 0 Å². The topological polar surface area (TPSA) is 58.1 Å². The number of aromatic amines is 1. The van der Waals surface area contributed by atoms with Crippen LogP contribution in [-0.4, -0.2) is 16.3 Å². The molecule has 0 saturated heterocycles. The molecule has 2 rings (SSSR count). The van der Waals surface area contributed by atoms with Gasteiger partial charge in [0, 0.05) is 11.1 Å². The number of fused-ring (bicyclic) bond motifs is 1. The minimum atomic E-state index is 0.362. The zero-order valence-corrected chi connectivity index (χ0v) is 7.74.